The van der Waals surface area contributed by atoms with Crippen molar-refractivity contribution < 1.29 is 16.8 Å². The van der Waals surface area contributed by atoms with Crippen LogP contribution in [0.4, 0.5) is 0 Å². The molecule has 0 unspecified atom stereocenters. The second-order valence-electron chi connectivity index (χ2n) is 5.57. The van der Waals surface area contributed by atoms with E-state index in [0.29, 0.717) is 12.6 Å². The Morgan fingerprint density at radius 2 is 1.95 bits per heavy atom. The summed E-state index contributed by atoms with van der Waals surface area (Å²) in [4.78, 5) is 3.17. The van der Waals surface area contributed by atoms with Gasteiger partial charge in [0.1, 0.15) is 0 Å². The molecule has 1 aliphatic heterocycles. The molecule has 2 heterocycles. The molecular weight excluding hydrogens is 314 g/mol. The summed E-state index contributed by atoms with van der Waals surface area (Å²) < 4.78 is 48.9. The van der Waals surface area contributed by atoms with Crippen LogP contribution in [0.3, 0.4) is 0 Å². The van der Waals surface area contributed by atoms with Gasteiger partial charge in [0.15, 0.2) is 9.84 Å². The quantitative estimate of drug-likeness (QED) is 0.770. The minimum absolute atomic E-state index is 0.0332. The van der Waals surface area contributed by atoms with Gasteiger partial charge < -0.3 is 10.3 Å². The van der Waals surface area contributed by atoms with Gasteiger partial charge in [-0.3, -0.25) is 0 Å². The van der Waals surface area contributed by atoms with E-state index in [-0.39, 0.29) is 29.5 Å². The highest BCUT2D eigenvalue weighted by molar-refractivity contribution is 7.92. The molecule has 0 aromatic carbocycles. The number of sulfone groups is 1. The fraction of sp³-hybridized carbons (Fsp3) is 0.667. The molecule has 1 aliphatic carbocycles. The van der Waals surface area contributed by atoms with Crippen molar-refractivity contribution in [2.75, 3.05) is 24.6 Å². The van der Waals surface area contributed by atoms with Gasteiger partial charge in [0.05, 0.1) is 16.4 Å². The first-order chi connectivity index (χ1) is 9.87. The lowest BCUT2D eigenvalue weighted by atomic mass is 10.4. The van der Waals surface area contributed by atoms with Crippen molar-refractivity contribution >= 4 is 19.9 Å². The first-order valence-corrected chi connectivity index (χ1v) is 10.2. The van der Waals surface area contributed by atoms with Gasteiger partial charge in [-0.15, -0.1) is 0 Å². The third kappa shape index (κ3) is 3.47. The highest BCUT2D eigenvalue weighted by Crippen LogP contribution is 2.21. The molecule has 3 rings (SSSR count). The van der Waals surface area contributed by atoms with E-state index in [4.69, 9.17) is 0 Å². The highest BCUT2D eigenvalue weighted by Gasteiger charge is 2.31. The fourth-order valence-corrected chi connectivity index (χ4v) is 5.19. The highest BCUT2D eigenvalue weighted by atomic mass is 32.2. The van der Waals surface area contributed by atoms with Crippen LogP contribution in [0.15, 0.2) is 17.2 Å². The van der Waals surface area contributed by atoms with Crippen LogP contribution in [-0.4, -0.2) is 56.8 Å². The Bertz CT molecular complexity index is 705. The summed E-state index contributed by atoms with van der Waals surface area (Å²) in [5.41, 5.74) is 0.824. The first-order valence-electron chi connectivity index (χ1n) is 6.98. The first kappa shape index (κ1) is 15.0. The van der Waals surface area contributed by atoms with Crippen LogP contribution >= 0.6 is 0 Å². The standard InChI is InChI=1S/C12H19N3O4S2/c16-20(17)5-3-15(4-6-20)21(18,19)12-7-11(14-9-12)8-13-10-1-2-10/h7,9-10,13-14H,1-6,8H2. The van der Waals surface area contributed by atoms with Gasteiger partial charge in [0.25, 0.3) is 0 Å². The largest absolute Gasteiger partial charge is 0.363 e. The Morgan fingerprint density at radius 3 is 2.57 bits per heavy atom. The predicted molar refractivity (Wildman–Crippen MR) is 78.1 cm³/mol. The number of aromatic nitrogens is 1. The molecule has 0 radical (unpaired) electrons. The van der Waals surface area contributed by atoms with E-state index in [0.717, 1.165) is 5.69 Å². The van der Waals surface area contributed by atoms with E-state index in [1.807, 2.05) is 0 Å². The molecule has 0 atom stereocenters. The number of nitrogens with zero attached hydrogens (tertiary/aromatic N) is 1. The van der Waals surface area contributed by atoms with E-state index in [1.54, 1.807) is 6.07 Å². The van der Waals surface area contributed by atoms with Gasteiger partial charge in [0, 0.05) is 37.6 Å². The maximum atomic E-state index is 12.5. The minimum atomic E-state index is -3.60. The fourth-order valence-electron chi connectivity index (χ4n) is 2.30. The Balaban J connectivity index is 1.69. The molecule has 2 aliphatic rings. The molecule has 9 heteroatoms. The van der Waals surface area contributed by atoms with Crippen LogP contribution in [0.1, 0.15) is 18.5 Å². The van der Waals surface area contributed by atoms with Gasteiger partial charge in [-0.2, -0.15) is 4.31 Å². The number of rotatable bonds is 5. The average molecular weight is 333 g/mol. The molecule has 0 bridgehead atoms. The second-order valence-corrected chi connectivity index (χ2v) is 9.81. The van der Waals surface area contributed by atoms with Gasteiger partial charge >= 0.3 is 0 Å². The molecular formula is C12H19N3O4S2. The Kier molecular flexibility index (Phi) is 3.85. The van der Waals surface area contributed by atoms with Gasteiger partial charge in [-0.05, 0) is 18.9 Å². The molecule has 2 N–H and O–H groups in total. The minimum Gasteiger partial charge on any atom is -0.363 e. The lowest BCUT2D eigenvalue weighted by molar-refractivity contribution is 0.431. The van der Waals surface area contributed by atoms with E-state index in [9.17, 15) is 16.8 Å². The zero-order valence-electron chi connectivity index (χ0n) is 11.6. The van der Waals surface area contributed by atoms with Crippen molar-refractivity contribution in [3.8, 4) is 0 Å². The summed E-state index contributed by atoms with van der Waals surface area (Å²) in [5.74, 6) is -0.209. The maximum absolute atomic E-state index is 12.5. The van der Waals surface area contributed by atoms with Crippen molar-refractivity contribution in [1.29, 1.82) is 0 Å². The topological polar surface area (TPSA) is 99.3 Å². The van der Waals surface area contributed by atoms with E-state index >= 15 is 0 Å². The van der Waals surface area contributed by atoms with Crippen molar-refractivity contribution in [3.05, 3.63) is 18.0 Å². The second kappa shape index (κ2) is 5.38. The normalized spacial score (nSPS) is 23.2. The number of H-pyrrole nitrogens is 1. The van der Waals surface area contributed by atoms with E-state index < -0.39 is 19.9 Å². The predicted octanol–water partition coefficient (Wildman–Crippen LogP) is -0.314. The molecule has 0 amide bonds. The lowest BCUT2D eigenvalue weighted by Crippen LogP contribution is -2.43. The number of sulfonamides is 1. The molecule has 21 heavy (non-hydrogen) atoms. The smallest absolute Gasteiger partial charge is 0.244 e. The monoisotopic (exact) mass is 333 g/mol. The summed E-state index contributed by atoms with van der Waals surface area (Å²) in [7, 11) is -6.69. The summed E-state index contributed by atoms with van der Waals surface area (Å²) in [6.07, 6.45) is 3.82. The molecule has 0 spiro atoms. The summed E-state index contributed by atoms with van der Waals surface area (Å²) in [6.45, 7) is 0.686. The van der Waals surface area contributed by atoms with Gasteiger partial charge in [-0.25, -0.2) is 16.8 Å². The third-order valence-corrected chi connectivity index (χ3v) is 7.30. The van der Waals surface area contributed by atoms with E-state index in [2.05, 4.69) is 10.3 Å². The molecule has 7 nitrogen and oxygen atoms in total. The summed E-state index contributed by atoms with van der Waals surface area (Å²) >= 11 is 0. The van der Waals surface area contributed by atoms with Crippen molar-refractivity contribution in [3.63, 3.8) is 0 Å². The van der Waals surface area contributed by atoms with Crippen molar-refractivity contribution in [2.45, 2.75) is 30.3 Å². The maximum Gasteiger partial charge on any atom is 0.244 e. The van der Waals surface area contributed by atoms with Gasteiger partial charge in [-0.1, -0.05) is 0 Å². The molecule has 2 fully saturated rings. The van der Waals surface area contributed by atoms with Crippen LogP contribution < -0.4 is 5.32 Å². The summed E-state index contributed by atoms with van der Waals surface area (Å²) in [6, 6.07) is 2.18. The molecule has 118 valence electrons. The molecule has 1 aromatic heterocycles. The number of hydrogen-bond donors (Lipinski definition) is 2. The zero-order chi connectivity index (χ0) is 15.1. The van der Waals surface area contributed by atoms with Crippen LogP contribution in [0, 0.1) is 0 Å². The zero-order valence-corrected chi connectivity index (χ0v) is 13.2. The Labute approximate surface area is 124 Å². The summed E-state index contributed by atoms with van der Waals surface area (Å²) in [5, 5.41) is 3.31. The van der Waals surface area contributed by atoms with Crippen LogP contribution in [0.25, 0.3) is 0 Å². The molecule has 1 aromatic rings. The number of nitrogens with one attached hydrogen (secondary N) is 2. The van der Waals surface area contributed by atoms with Crippen molar-refractivity contribution in [2.24, 2.45) is 0 Å². The SMILES string of the molecule is O=S1(=O)CCN(S(=O)(=O)c2c[nH]c(CNC3CC3)c2)CC1. The van der Waals surface area contributed by atoms with Crippen LogP contribution in [0.5, 0.6) is 0 Å². The lowest BCUT2D eigenvalue weighted by Gasteiger charge is -2.25. The average Bonchev–Trinajstić information content (AvgIpc) is 3.12. The van der Waals surface area contributed by atoms with Crippen LogP contribution in [-0.2, 0) is 26.4 Å². The van der Waals surface area contributed by atoms with Crippen molar-refractivity contribution in [1.82, 2.24) is 14.6 Å². The molecule has 1 saturated heterocycles. The van der Waals surface area contributed by atoms with Crippen LogP contribution in [0.2, 0.25) is 0 Å². The molecule has 1 saturated carbocycles. The Hall–Kier alpha value is -0.900. The number of aromatic amines is 1. The van der Waals surface area contributed by atoms with Gasteiger partial charge in [0.2, 0.25) is 10.0 Å². The third-order valence-electron chi connectivity index (χ3n) is 3.82. The Morgan fingerprint density at radius 1 is 1.29 bits per heavy atom. The number of hydrogen-bond acceptors (Lipinski definition) is 5. The van der Waals surface area contributed by atoms with E-state index in [1.165, 1.54) is 23.3 Å².